The van der Waals surface area contributed by atoms with Crippen molar-refractivity contribution in [3.8, 4) is 0 Å². The molecule has 3 nitrogen and oxygen atoms in total. The first-order chi connectivity index (χ1) is 8.49. The van der Waals surface area contributed by atoms with Gasteiger partial charge < -0.3 is 14.8 Å². The molecule has 0 saturated carbocycles. The molecule has 0 spiro atoms. The Morgan fingerprint density at radius 2 is 1.89 bits per heavy atom. The number of benzene rings is 1. The van der Waals surface area contributed by atoms with Crippen LogP contribution in [0.15, 0.2) is 30.3 Å². The van der Waals surface area contributed by atoms with Gasteiger partial charge in [-0.05, 0) is 39.3 Å². The highest BCUT2D eigenvalue weighted by Gasteiger charge is 2.41. The number of nitrogens with one attached hydrogen (secondary N) is 1. The van der Waals surface area contributed by atoms with Gasteiger partial charge in [0.05, 0.1) is 12.2 Å². The van der Waals surface area contributed by atoms with Crippen molar-refractivity contribution in [1.82, 2.24) is 5.32 Å². The van der Waals surface area contributed by atoms with Crippen molar-refractivity contribution in [1.29, 1.82) is 0 Å². The summed E-state index contributed by atoms with van der Waals surface area (Å²) in [7, 11) is 0. The molecule has 3 heteroatoms. The van der Waals surface area contributed by atoms with Crippen LogP contribution in [0.3, 0.4) is 0 Å². The van der Waals surface area contributed by atoms with Crippen LogP contribution in [-0.2, 0) is 16.0 Å². The van der Waals surface area contributed by atoms with Crippen molar-refractivity contribution in [3.05, 3.63) is 35.9 Å². The minimum atomic E-state index is -0.436. The van der Waals surface area contributed by atoms with Gasteiger partial charge in [0.1, 0.15) is 0 Å². The standard InChI is InChI=1S/C15H23NO2/c1-14(2)17-12-15(3,18-14)9-10-16-11-13-7-5-4-6-8-13/h4-8,16H,9-12H2,1-3H3/t15-/m0/s1. The monoisotopic (exact) mass is 249 g/mol. The predicted octanol–water partition coefficient (Wildman–Crippen LogP) is 2.71. The molecular formula is C15H23NO2. The van der Waals surface area contributed by atoms with E-state index in [0.29, 0.717) is 6.61 Å². The maximum absolute atomic E-state index is 5.93. The number of hydrogen-bond acceptors (Lipinski definition) is 3. The molecule has 1 aromatic carbocycles. The number of ether oxygens (including phenoxy) is 2. The summed E-state index contributed by atoms with van der Waals surface area (Å²) >= 11 is 0. The molecule has 0 bridgehead atoms. The van der Waals surface area contributed by atoms with Crippen LogP contribution in [-0.4, -0.2) is 24.5 Å². The van der Waals surface area contributed by atoms with Crippen molar-refractivity contribution in [2.45, 2.75) is 45.1 Å². The van der Waals surface area contributed by atoms with Crippen molar-refractivity contribution >= 4 is 0 Å². The van der Waals surface area contributed by atoms with Gasteiger partial charge in [-0.1, -0.05) is 30.3 Å². The molecule has 18 heavy (non-hydrogen) atoms. The Hall–Kier alpha value is -0.900. The smallest absolute Gasteiger partial charge is 0.163 e. The van der Waals surface area contributed by atoms with Crippen LogP contribution in [0.4, 0.5) is 0 Å². The summed E-state index contributed by atoms with van der Waals surface area (Å²) in [6, 6.07) is 10.4. The molecular weight excluding hydrogens is 226 g/mol. The topological polar surface area (TPSA) is 30.5 Å². The summed E-state index contributed by atoms with van der Waals surface area (Å²) in [6.45, 7) is 8.57. The predicted molar refractivity (Wildman–Crippen MR) is 72.3 cm³/mol. The van der Waals surface area contributed by atoms with Crippen LogP contribution in [0.5, 0.6) is 0 Å². The third-order valence-electron chi connectivity index (χ3n) is 3.22. The lowest BCUT2D eigenvalue weighted by Gasteiger charge is -2.25. The third-order valence-corrected chi connectivity index (χ3v) is 3.22. The zero-order chi connectivity index (χ0) is 13.1. The molecule has 1 N–H and O–H groups in total. The summed E-state index contributed by atoms with van der Waals surface area (Å²) in [5.41, 5.74) is 1.15. The van der Waals surface area contributed by atoms with Crippen LogP contribution in [0, 0.1) is 0 Å². The fourth-order valence-electron chi connectivity index (χ4n) is 2.28. The summed E-state index contributed by atoms with van der Waals surface area (Å²) < 4.78 is 11.5. The van der Waals surface area contributed by atoms with E-state index in [2.05, 4.69) is 36.5 Å². The first-order valence-electron chi connectivity index (χ1n) is 6.58. The van der Waals surface area contributed by atoms with E-state index in [9.17, 15) is 0 Å². The van der Waals surface area contributed by atoms with Crippen molar-refractivity contribution in [2.24, 2.45) is 0 Å². The van der Waals surface area contributed by atoms with E-state index in [-0.39, 0.29) is 5.60 Å². The number of rotatable bonds is 5. The van der Waals surface area contributed by atoms with E-state index in [4.69, 9.17) is 9.47 Å². The van der Waals surface area contributed by atoms with Gasteiger partial charge >= 0.3 is 0 Å². The second-order valence-corrected chi connectivity index (χ2v) is 5.65. The third kappa shape index (κ3) is 3.80. The second kappa shape index (κ2) is 5.39. The van der Waals surface area contributed by atoms with E-state index in [1.54, 1.807) is 0 Å². The lowest BCUT2D eigenvalue weighted by Crippen LogP contribution is -2.34. The summed E-state index contributed by atoms with van der Waals surface area (Å²) in [5, 5.41) is 3.45. The lowest BCUT2D eigenvalue weighted by molar-refractivity contribution is -0.158. The van der Waals surface area contributed by atoms with Crippen molar-refractivity contribution in [2.75, 3.05) is 13.2 Å². The molecule has 1 heterocycles. The first-order valence-corrected chi connectivity index (χ1v) is 6.58. The zero-order valence-corrected chi connectivity index (χ0v) is 11.5. The fourth-order valence-corrected chi connectivity index (χ4v) is 2.28. The van der Waals surface area contributed by atoms with E-state index < -0.39 is 5.79 Å². The Balaban J connectivity index is 1.70. The molecule has 2 rings (SSSR count). The van der Waals surface area contributed by atoms with Gasteiger partial charge in [-0.25, -0.2) is 0 Å². The minimum absolute atomic E-state index is 0.160. The van der Waals surface area contributed by atoms with Crippen LogP contribution < -0.4 is 5.32 Å². The summed E-state index contributed by atoms with van der Waals surface area (Å²) in [6.07, 6.45) is 0.962. The minimum Gasteiger partial charge on any atom is -0.348 e. The molecule has 1 aromatic rings. The molecule has 1 fully saturated rings. The zero-order valence-electron chi connectivity index (χ0n) is 11.5. The summed E-state index contributed by atoms with van der Waals surface area (Å²) in [5.74, 6) is -0.436. The average Bonchev–Trinajstić information content (AvgIpc) is 2.61. The van der Waals surface area contributed by atoms with Crippen LogP contribution in [0.2, 0.25) is 0 Å². The first kappa shape index (κ1) is 13.5. The second-order valence-electron chi connectivity index (χ2n) is 5.65. The van der Waals surface area contributed by atoms with E-state index in [1.807, 2.05) is 19.9 Å². The maximum atomic E-state index is 5.93. The molecule has 0 radical (unpaired) electrons. The molecule has 0 aliphatic carbocycles. The van der Waals surface area contributed by atoms with Crippen molar-refractivity contribution < 1.29 is 9.47 Å². The SMILES string of the molecule is CC1(C)OC[C@](C)(CCNCc2ccccc2)O1. The molecule has 1 aliphatic rings. The van der Waals surface area contributed by atoms with Gasteiger partial charge in [-0.15, -0.1) is 0 Å². The van der Waals surface area contributed by atoms with Gasteiger partial charge in [-0.3, -0.25) is 0 Å². The highest BCUT2D eigenvalue weighted by Crippen LogP contribution is 2.32. The maximum Gasteiger partial charge on any atom is 0.163 e. The quantitative estimate of drug-likeness (QED) is 0.814. The van der Waals surface area contributed by atoms with Crippen LogP contribution >= 0.6 is 0 Å². The van der Waals surface area contributed by atoms with Crippen LogP contribution in [0.25, 0.3) is 0 Å². The Kier molecular flexibility index (Phi) is 4.05. The molecule has 0 aromatic heterocycles. The molecule has 1 atom stereocenters. The Morgan fingerprint density at radius 1 is 1.17 bits per heavy atom. The Bertz CT molecular complexity index is 377. The molecule has 0 amide bonds. The highest BCUT2D eigenvalue weighted by molar-refractivity contribution is 5.14. The van der Waals surface area contributed by atoms with Gasteiger partial charge in [0.15, 0.2) is 5.79 Å². The van der Waals surface area contributed by atoms with Crippen LogP contribution in [0.1, 0.15) is 32.8 Å². The van der Waals surface area contributed by atoms with Gasteiger partial charge in [0.2, 0.25) is 0 Å². The lowest BCUT2D eigenvalue weighted by atomic mass is 10.0. The van der Waals surface area contributed by atoms with E-state index in [1.165, 1.54) is 5.56 Å². The average molecular weight is 249 g/mol. The van der Waals surface area contributed by atoms with Gasteiger partial charge in [0.25, 0.3) is 0 Å². The summed E-state index contributed by atoms with van der Waals surface area (Å²) in [4.78, 5) is 0. The highest BCUT2D eigenvalue weighted by atomic mass is 16.7. The van der Waals surface area contributed by atoms with Gasteiger partial charge in [-0.2, -0.15) is 0 Å². The van der Waals surface area contributed by atoms with E-state index in [0.717, 1.165) is 19.5 Å². The van der Waals surface area contributed by atoms with Gasteiger partial charge in [0, 0.05) is 6.54 Å². The molecule has 0 unspecified atom stereocenters. The number of hydrogen-bond donors (Lipinski definition) is 1. The fraction of sp³-hybridized carbons (Fsp3) is 0.600. The molecule has 100 valence electrons. The van der Waals surface area contributed by atoms with E-state index >= 15 is 0 Å². The molecule has 1 saturated heterocycles. The Morgan fingerprint density at radius 3 is 2.50 bits per heavy atom. The largest absolute Gasteiger partial charge is 0.348 e. The van der Waals surface area contributed by atoms with Crippen molar-refractivity contribution in [3.63, 3.8) is 0 Å². The normalized spacial score (nSPS) is 26.4. The molecule has 1 aliphatic heterocycles. The Labute approximate surface area is 109 Å².